The molecule has 0 radical (unpaired) electrons. The van der Waals surface area contributed by atoms with Crippen LogP contribution in [0.4, 0.5) is 0 Å². The molecule has 4 heteroatoms. The van der Waals surface area contributed by atoms with E-state index in [2.05, 4.69) is 4.90 Å². The van der Waals surface area contributed by atoms with Crippen molar-refractivity contribution in [2.24, 2.45) is 0 Å². The van der Waals surface area contributed by atoms with Gasteiger partial charge in [0.2, 0.25) is 0 Å². The molecular formula is C17H24ClNO2. The van der Waals surface area contributed by atoms with E-state index in [-0.39, 0.29) is 11.9 Å². The molecule has 0 bridgehead atoms. The number of hydrogen-bond donors (Lipinski definition) is 0. The Morgan fingerprint density at radius 1 is 1.33 bits per heavy atom. The van der Waals surface area contributed by atoms with Gasteiger partial charge in [0.25, 0.3) is 0 Å². The first-order chi connectivity index (χ1) is 9.90. The predicted molar refractivity (Wildman–Crippen MR) is 86.7 cm³/mol. The van der Waals surface area contributed by atoms with Gasteiger partial charge in [0, 0.05) is 5.02 Å². The highest BCUT2D eigenvalue weighted by atomic mass is 35.5. The molecule has 1 saturated heterocycles. The number of carbonyl (C=O) groups excluding carboxylic acids is 1. The van der Waals surface area contributed by atoms with Gasteiger partial charge in [-0.05, 0) is 70.8 Å². The summed E-state index contributed by atoms with van der Waals surface area (Å²) in [5.41, 5.74) is 2.42. The molecule has 1 aromatic rings. The fraction of sp³-hybridized carbons (Fsp3) is 0.588. The second-order valence-electron chi connectivity index (χ2n) is 6.08. The summed E-state index contributed by atoms with van der Waals surface area (Å²) in [6, 6.07) is 1.88. The van der Waals surface area contributed by atoms with Crippen LogP contribution < -0.4 is 4.74 Å². The topological polar surface area (TPSA) is 29.5 Å². The summed E-state index contributed by atoms with van der Waals surface area (Å²) < 4.78 is 5.85. The first-order valence-corrected chi connectivity index (χ1v) is 8.00. The summed E-state index contributed by atoms with van der Waals surface area (Å²) in [6.45, 7) is 10.2. The van der Waals surface area contributed by atoms with Gasteiger partial charge in [0.15, 0.2) is 5.78 Å². The van der Waals surface area contributed by atoms with Crippen LogP contribution in [0.5, 0.6) is 5.75 Å². The maximum Gasteiger partial charge on any atom is 0.180 e. The van der Waals surface area contributed by atoms with E-state index < -0.39 is 0 Å². The quantitative estimate of drug-likeness (QED) is 0.769. The molecule has 1 aliphatic heterocycles. The fourth-order valence-corrected chi connectivity index (χ4v) is 2.99. The summed E-state index contributed by atoms with van der Waals surface area (Å²) in [7, 11) is 0. The molecular weight excluding hydrogens is 286 g/mol. The average Bonchev–Trinajstić information content (AvgIpc) is 2.88. The molecule has 0 aliphatic carbocycles. The Balaban J connectivity index is 2.34. The molecule has 0 amide bonds. The van der Waals surface area contributed by atoms with Gasteiger partial charge in [-0.25, -0.2) is 0 Å². The SMILES string of the molecule is Cc1cc(OC(C)C)c(C(=O)CN2CCCC2)c(C)c1Cl. The number of ketones is 1. The minimum atomic E-state index is 0.0308. The molecule has 21 heavy (non-hydrogen) atoms. The standard InChI is InChI=1S/C17H24ClNO2/c1-11(2)21-15-9-12(3)17(18)13(4)16(15)14(20)10-19-7-5-6-8-19/h9,11H,5-8,10H2,1-4H3. The second-order valence-corrected chi connectivity index (χ2v) is 6.46. The van der Waals surface area contributed by atoms with Crippen LogP contribution in [0.2, 0.25) is 5.02 Å². The van der Waals surface area contributed by atoms with E-state index in [4.69, 9.17) is 16.3 Å². The first-order valence-electron chi connectivity index (χ1n) is 7.62. The Bertz CT molecular complexity index is 534. The molecule has 116 valence electrons. The highest BCUT2D eigenvalue weighted by Gasteiger charge is 2.23. The molecule has 1 aliphatic rings. The number of hydrogen-bond acceptors (Lipinski definition) is 3. The van der Waals surface area contributed by atoms with Gasteiger partial charge in [0.1, 0.15) is 5.75 Å². The van der Waals surface area contributed by atoms with Crippen LogP contribution in [-0.2, 0) is 0 Å². The average molecular weight is 310 g/mol. The van der Waals surface area contributed by atoms with E-state index in [1.54, 1.807) is 0 Å². The number of benzene rings is 1. The van der Waals surface area contributed by atoms with Crippen LogP contribution in [0.15, 0.2) is 6.07 Å². The van der Waals surface area contributed by atoms with Crippen molar-refractivity contribution < 1.29 is 9.53 Å². The van der Waals surface area contributed by atoms with Crippen LogP contribution >= 0.6 is 11.6 Å². The minimum Gasteiger partial charge on any atom is -0.490 e. The number of rotatable bonds is 5. The zero-order valence-corrected chi connectivity index (χ0v) is 14.1. The molecule has 1 heterocycles. The van der Waals surface area contributed by atoms with Crippen molar-refractivity contribution in [3.63, 3.8) is 0 Å². The fourth-order valence-electron chi connectivity index (χ4n) is 2.84. The summed E-state index contributed by atoms with van der Waals surface area (Å²) >= 11 is 6.33. The third-order valence-corrected chi connectivity index (χ3v) is 4.43. The number of ether oxygens (including phenoxy) is 1. The molecule has 1 aromatic carbocycles. The van der Waals surface area contributed by atoms with Gasteiger partial charge in [-0.15, -0.1) is 0 Å². The van der Waals surface area contributed by atoms with Crippen molar-refractivity contribution in [2.45, 2.75) is 46.6 Å². The van der Waals surface area contributed by atoms with E-state index in [9.17, 15) is 4.79 Å². The van der Waals surface area contributed by atoms with Crippen molar-refractivity contribution in [3.8, 4) is 5.75 Å². The third-order valence-electron chi connectivity index (χ3n) is 3.85. The highest BCUT2D eigenvalue weighted by molar-refractivity contribution is 6.32. The highest BCUT2D eigenvalue weighted by Crippen LogP contribution is 2.33. The summed E-state index contributed by atoms with van der Waals surface area (Å²) in [6.07, 6.45) is 2.38. The summed E-state index contributed by atoms with van der Waals surface area (Å²) in [5.74, 6) is 0.764. The van der Waals surface area contributed by atoms with Gasteiger partial charge < -0.3 is 4.74 Å². The Morgan fingerprint density at radius 3 is 2.52 bits per heavy atom. The van der Waals surface area contributed by atoms with E-state index >= 15 is 0 Å². The molecule has 3 nitrogen and oxygen atoms in total. The van der Waals surface area contributed by atoms with E-state index in [1.165, 1.54) is 12.8 Å². The van der Waals surface area contributed by atoms with Gasteiger partial charge in [-0.3, -0.25) is 9.69 Å². The molecule has 0 N–H and O–H groups in total. The lowest BCUT2D eigenvalue weighted by atomic mass is 10.00. The predicted octanol–water partition coefficient (Wildman–Crippen LogP) is 4.02. The Labute approximate surface area is 132 Å². The van der Waals surface area contributed by atoms with Gasteiger partial charge in [-0.1, -0.05) is 11.6 Å². The number of carbonyl (C=O) groups is 1. The number of aryl methyl sites for hydroxylation is 1. The van der Waals surface area contributed by atoms with E-state index in [1.807, 2.05) is 33.8 Å². The van der Waals surface area contributed by atoms with Gasteiger partial charge >= 0.3 is 0 Å². The third kappa shape index (κ3) is 3.78. The molecule has 0 aromatic heterocycles. The van der Waals surface area contributed by atoms with E-state index in [0.717, 1.165) is 24.2 Å². The Morgan fingerprint density at radius 2 is 1.95 bits per heavy atom. The van der Waals surface area contributed by atoms with Crippen LogP contribution in [0.1, 0.15) is 48.2 Å². The summed E-state index contributed by atoms with van der Waals surface area (Å²) in [4.78, 5) is 14.9. The lowest BCUT2D eigenvalue weighted by Gasteiger charge is -2.20. The maximum absolute atomic E-state index is 12.7. The lowest BCUT2D eigenvalue weighted by molar-refractivity contribution is 0.0939. The number of halogens is 1. The molecule has 0 saturated carbocycles. The first kappa shape index (κ1) is 16.3. The number of Topliss-reactive ketones (excluding diaryl/α,β-unsaturated/α-hetero) is 1. The monoisotopic (exact) mass is 309 g/mol. The normalized spacial score (nSPS) is 15.7. The van der Waals surface area contributed by atoms with Crippen LogP contribution in [0, 0.1) is 13.8 Å². The Hall–Kier alpha value is -1.06. The Kier molecular flexibility index (Phi) is 5.28. The molecule has 0 unspecified atom stereocenters. The molecule has 1 fully saturated rings. The van der Waals surface area contributed by atoms with Crippen LogP contribution in [0.3, 0.4) is 0 Å². The summed E-state index contributed by atoms with van der Waals surface area (Å²) in [5, 5.41) is 0.663. The molecule has 0 atom stereocenters. The zero-order valence-electron chi connectivity index (χ0n) is 13.3. The van der Waals surface area contributed by atoms with Gasteiger partial charge in [0.05, 0.1) is 18.2 Å². The minimum absolute atomic E-state index is 0.0308. The van der Waals surface area contributed by atoms with Crippen LogP contribution in [-0.4, -0.2) is 36.4 Å². The maximum atomic E-state index is 12.7. The largest absolute Gasteiger partial charge is 0.490 e. The van der Waals surface area contributed by atoms with E-state index in [0.29, 0.717) is 22.9 Å². The number of likely N-dealkylation sites (tertiary alicyclic amines) is 1. The zero-order chi connectivity index (χ0) is 15.6. The lowest BCUT2D eigenvalue weighted by Crippen LogP contribution is -2.28. The van der Waals surface area contributed by atoms with Crippen molar-refractivity contribution in [2.75, 3.05) is 19.6 Å². The van der Waals surface area contributed by atoms with Crippen molar-refractivity contribution >= 4 is 17.4 Å². The van der Waals surface area contributed by atoms with Crippen molar-refractivity contribution in [1.82, 2.24) is 4.90 Å². The van der Waals surface area contributed by atoms with Crippen molar-refractivity contribution in [1.29, 1.82) is 0 Å². The second kappa shape index (κ2) is 6.80. The van der Waals surface area contributed by atoms with Crippen LogP contribution in [0.25, 0.3) is 0 Å². The number of nitrogens with zero attached hydrogens (tertiary/aromatic N) is 1. The smallest absolute Gasteiger partial charge is 0.180 e. The van der Waals surface area contributed by atoms with Gasteiger partial charge in [-0.2, -0.15) is 0 Å². The molecule has 0 spiro atoms. The molecule has 2 rings (SSSR count). The van der Waals surface area contributed by atoms with Crippen molar-refractivity contribution in [3.05, 3.63) is 27.8 Å².